The van der Waals surface area contributed by atoms with Crippen LogP contribution in [-0.2, 0) is 20.9 Å². The van der Waals surface area contributed by atoms with Gasteiger partial charge in [0.05, 0.1) is 38.9 Å². The maximum absolute atomic E-state index is 14.1. The van der Waals surface area contributed by atoms with Crippen molar-refractivity contribution in [3.63, 3.8) is 0 Å². The van der Waals surface area contributed by atoms with Gasteiger partial charge in [-0.15, -0.1) is 0 Å². The number of aromatic nitrogens is 1. The number of carbonyl (C=O) groups excluding carboxylic acids is 2. The van der Waals surface area contributed by atoms with Gasteiger partial charge in [0.2, 0.25) is 5.75 Å². The number of amides is 1. The van der Waals surface area contributed by atoms with Crippen LogP contribution >= 0.6 is 0 Å². The number of rotatable bonds is 6. The Morgan fingerprint density at radius 1 is 1.06 bits per heavy atom. The third kappa shape index (κ3) is 3.88. The van der Waals surface area contributed by atoms with E-state index in [1.807, 2.05) is 12.1 Å². The van der Waals surface area contributed by atoms with Crippen molar-refractivity contribution < 1.29 is 28.5 Å². The Labute approximate surface area is 211 Å². The normalized spacial score (nSPS) is 27.4. The molecular weight excluding hydrogens is 460 g/mol. The Bertz CT molecular complexity index is 1180. The summed E-state index contributed by atoms with van der Waals surface area (Å²) in [5.74, 6) is 1.58. The van der Waals surface area contributed by atoms with Gasteiger partial charge in [-0.2, -0.15) is 0 Å². The van der Waals surface area contributed by atoms with Crippen molar-refractivity contribution >= 4 is 11.7 Å². The summed E-state index contributed by atoms with van der Waals surface area (Å²) in [4.78, 5) is 33.8. The number of pyridine rings is 1. The number of benzene rings is 1. The van der Waals surface area contributed by atoms with Crippen molar-refractivity contribution in [3.05, 3.63) is 59.1 Å². The summed E-state index contributed by atoms with van der Waals surface area (Å²) in [6.07, 6.45) is 4.86. The zero-order valence-corrected chi connectivity index (χ0v) is 21.3. The standard InChI is InChI=1S/C28H32N2O6/c1-15-9-16(2)25-19(10-15)24(31)22-23(18-11-20(33-3)26(35-5)21(12-18)34-4)30(28(32)27(22)36-25)14-17-7-6-8-29-13-17/h6-8,11-13,15-16,19,23,25H,9-10,14H2,1-5H3. The van der Waals surface area contributed by atoms with Crippen LogP contribution in [0.4, 0.5) is 0 Å². The number of hydrogen-bond acceptors (Lipinski definition) is 7. The molecule has 1 aromatic carbocycles. The number of carbonyl (C=O) groups is 2. The minimum atomic E-state index is -0.651. The van der Waals surface area contributed by atoms with E-state index in [4.69, 9.17) is 18.9 Å². The Balaban J connectivity index is 1.65. The number of ether oxygens (including phenoxy) is 4. The first kappa shape index (κ1) is 24.2. The second-order valence-corrected chi connectivity index (χ2v) is 10.0. The third-order valence-electron chi connectivity index (χ3n) is 7.61. The second kappa shape index (κ2) is 9.48. The maximum atomic E-state index is 14.1. The quantitative estimate of drug-likeness (QED) is 0.600. The van der Waals surface area contributed by atoms with Crippen LogP contribution in [0.1, 0.15) is 43.9 Å². The molecule has 5 unspecified atom stereocenters. The molecule has 36 heavy (non-hydrogen) atoms. The lowest BCUT2D eigenvalue weighted by molar-refractivity contribution is -0.139. The fourth-order valence-corrected chi connectivity index (χ4v) is 6.08. The van der Waals surface area contributed by atoms with Crippen molar-refractivity contribution in [2.45, 2.75) is 45.4 Å². The van der Waals surface area contributed by atoms with E-state index >= 15 is 0 Å². The molecule has 0 radical (unpaired) electrons. The predicted octanol–water partition coefficient (Wildman–Crippen LogP) is 4.10. The molecule has 1 saturated carbocycles. The van der Waals surface area contributed by atoms with Crippen LogP contribution in [0.5, 0.6) is 17.2 Å². The van der Waals surface area contributed by atoms with E-state index in [0.717, 1.165) is 18.4 Å². The summed E-state index contributed by atoms with van der Waals surface area (Å²) in [5.41, 5.74) is 1.97. The van der Waals surface area contributed by atoms with E-state index < -0.39 is 6.04 Å². The van der Waals surface area contributed by atoms with E-state index in [9.17, 15) is 9.59 Å². The first-order valence-corrected chi connectivity index (χ1v) is 12.3. The molecule has 0 spiro atoms. The van der Waals surface area contributed by atoms with Gasteiger partial charge in [0.25, 0.3) is 5.91 Å². The van der Waals surface area contributed by atoms with Crippen LogP contribution in [0.3, 0.4) is 0 Å². The molecule has 3 heterocycles. The van der Waals surface area contributed by atoms with Crippen LogP contribution in [0, 0.1) is 17.8 Å². The summed E-state index contributed by atoms with van der Waals surface area (Å²) in [7, 11) is 4.63. The average molecular weight is 493 g/mol. The molecule has 190 valence electrons. The minimum Gasteiger partial charge on any atom is -0.493 e. The van der Waals surface area contributed by atoms with E-state index in [1.54, 1.807) is 50.8 Å². The number of hydrogen-bond donors (Lipinski definition) is 0. The number of Topliss-reactive ketones (excluding diaryl/α,β-unsaturated/α-hetero) is 1. The lowest BCUT2D eigenvalue weighted by Gasteiger charge is -2.41. The fourth-order valence-electron chi connectivity index (χ4n) is 6.08. The van der Waals surface area contributed by atoms with Gasteiger partial charge >= 0.3 is 0 Å². The van der Waals surface area contributed by atoms with Gasteiger partial charge in [-0.25, -0.2) is 0 Å². The molecule has 8 nitrogen and oxygen atoms in total. The Morgan fingerprint density at radius 3 is 2.39 bits per heavy atom. The smallest absolute Gasteiger partial charge is 0.290 e. The van der Waals surface area contributed by atoms with Crippen molar-refractivity contribution in [1.82, 2.24) is 9.88 Å². The van der Waals surface area contributed by atoms with Crippen molar-refractivity contribution in [2.24, 2.45) is 17.8 Å². The molecule has 1 fully saturated rings. The largest absolute Gasteiger partial charge is 0.493 e. The summed E-state index contributed by atoms with van der Waals surface area (Å²) in [6.45, 7) is 4.56. The first-order chi connectivity index (χ1) is 17.4. The number of methoxy groups -OCH3 is 3. The molecular formula is C28H32N2O6. The van der Waals surface area contributed by atoms with Crippen LogP contribution < -0.4 is 14.2 Å². The molecule has 3 aliphatic rings. The molecule has 1 aliphatic carbocycles. The molecule has 0 bridgehead atoms. The topological polar surface area (TPSA) is 87.2 Å². The van der Waals surface area contributed by atoms with Gasteiger partial charge in [-0.05, 0) is 54.0 Å². The molecule has 0 N–H and O–H groups in total. The molecule has 8 heteroatoms. The van der Waals surface area contributed by atoms with E-state index in [2.05, 4.69) is 18.8 Å². The van der Waals surface area contributed by atoms with Crippen LogP contribution in [0.15, 0.2) is 48.0 Å². The monoisotopic (exact) mass is 492 g/mol. The number of nitrogens with zero attached hydrogens (tertiary/aromatic N) is 2. The predicted molar refractivity (Wildman–Crippen MR) is 132 cm³/mol. The average Bonchev–Trinajstić information content (AvgIpc) is 3.16. The molecule has 5 rings (SSSR count). The van der Waals surface area contributed by atoms with Gasteiger partial charge < -0.3 is 23.8 Å². The van der Waals surface area contributed by atoms with E-state index in [-0.39, 0.29) is 41.9 Å². The fraction of sp³-hybridized carbons (Fsp3) is 0.464. The van der Waals surface area contributed by atoms with Crippen LogP contribution in [0.2, 0.25) is 0 Å². The summed E-state index contributed by atoms with van der Waals surface area (Å²) < 4.78 is 23.1. The summed E-state index contributed by atoms with van der Waals surface area (Å²) in [6, 6.07) is 6.70. The highest BCUT2D eigenvalue weighted by atomic mass is 16.5. The summed E-state index contributed by atoms with van der Waals surface area (Å²) >= 11 is 0. The molecule has 2 aromatic rings. The third-order valence-corrected chi connectivity index (χ3v) is 7.61. The molecule has 1 amide bonds. The highest BCUT2D eigenvalue weighted by Crippen LogP contribution is 2.51. The van der Waals surface area contributed by atoms with Crippen molar-refractivity contribution in [3.8, 4) is 17.2 Å². The van der Waals surface area contributed by atoms with E-state index in [0.29, 0.717) is 34.3 Å². The summed E-state index contributed by atoms with van der Waals surface area (Å²) in [5, 5.41) is 0. The lowest BCUT2D eigenvalue weighted by atomic mass is 9.70. The Hall–Kier alpha value is -3.55. The minimum absolute atomic E-state index is 0.000406. The van der Waals surface area contributed by atoms with Gasteiger partial charge in [0, 0.05) is 18.9 Å². The van der Waals surface area contributed by atoms with Gasteiger partial charge in [-0.3, -0.25) is 14.6 Å². The van der Waals surface area contributed by atoms with Gasteiger partial charge in [-0.1, -0.05) is 19.9 Å². The number of fused-ring (bicyclic) bond motifs is 1. The molecule has 1 aromatic heterocycles. The van der Waals surface area contributed by atoms with Crippen LogP contribution in [0.25, 0.3) is 0 Å². The molecule has 5 atom stereocenters. The molecule has 0 saturated heterocycles. The van der Waals surface area contributed by atoms with E-state index in [1.165, 1.54) is 0 Å². The SMILES string of the molecule is COc1cc(C2C3=C(OC4C(C)CC(C)CC4C3=O)C(=O)N2Cc2cccnc2)cc(OC)c1OC. The van der Waals surface area contributed by atoms with Gasteiger partial charge in [0.1, 0.15) is 6.10 Å². The Morgan fingerprint density at radius 2 is 1.78 bits per heavy atom. The second-order valence-electron chi connectivity index (χ2n) is 10.0. The zero-order valence-electron chi connectivity index (χ0n) is 21.3. The number of ketones is 1. The Kier molecular flexibility index (Phi) is 6.36. The zero-order chi connectivity index (χ0) is 25.6. The van der Waals surface area contributed by atoms with Crippen molar-refractivity contribution in [2.75, 3.05) is 21.3 Å². The highest BCUT2D eigenvalue weighted by molar-refractivity contribution is 6.11. The van der Waals surface area contributed by atoms with Crippen LogP contribution in [-0.4, -0.2) is 49.0 Å². The first-order valence-electron chi connectivity index (χ1n) is 12.3. The molecule has 2 aliphatic heterocycles. The lowest BCUT2D eigenvalue weighted by Crippen LogP contribution is -2.45. The van der Waals surface area contributed by atoms with Crippen molar-refractivity contribution in [1.29, 1.82) is 0 Å². The van der Waals surface area contributed by atoms with Gasteiger partial charge in [0.15, 0.2) is 23.0 Å². The highest BCUT2D eigenvalue weighted by Gasteiger charge is 2.54. The maximum Gasteiger partial charge on any atom is 0.290 e.